The first-order chi connectivity index (χ1) is 16.4. The molecule has 3 fully saturated rings. The number of aromatic hydroxyl groups is 1. The van der Waals surface area contributed by atoms with Crippen molar-refractivity contribution in [2.24, 2.45) is 5.92 Å². The maximum Gasteiger partial charge on any atom is 0.228 e. The highest BCUT2D eigenvalue weighted by Crippen LogP contribution is 2.57. The van der Waals surface area contributed by atoms with E-state index in [0.717, 1.165) is 48.7 Å². The number of amides is 1. The van der Waals surface area contributed by atoms with Crippen molar-refractivity contribution in [3.05, 3.63) is 58.4 Å². The molecule has 3 heterocycles. The quantitative estimate of drug-likeness (QED) is 0.700. The zero-order chi connectivity index (χ0) is 23.5. The normalized spacial score (nSPS) is 30.9. The first-order valence-electron chi connectivity index (χ1n) is 12.6. The summed E-state index contributed by atoms with van der Waals surface area (Å²) >= 11 is 6.33. The molecule has 2 aliphatic carbocycles. The number of benzene rings is 1. The molecule has 2 saturated heterocycles. The number of halogens is 1. The molecule has 1 aromatic carbocycles. The van der Waals surface area contributed by atoms with Gasteiger partial charge in [-0.15, -0.1) is 0 Å². The summed E-state index contributed by atoms with van der Waals surface area (Å²) in [7, 11) is 0. The fourth-order valence-corrected chi connectivity index (χ4v) is 7.10. The molecule has 4 aliphatic rings. The first kappa shape index (κ1) is 22.3. The molecule has 3 unspecified atom stereocenters. The number of likely N-dealkylation sites (tertiary alicyclic amines) is 2. The van der Waals surface area contributed by atoms with Crippen molar-refractivity contribution >= 4 is 17.5 Å². The van der Waals surface area contributed by atoms with Crippen molar-refractivity contribution in [2.45, 2.75) is 62.0 Å². The second kappa shape index (κ2) is 8.21. The van der Waals surface area contributed by atoms with Crippen LogP contribution in [0.15, 0.2) is 36.5 Å². The number of nitrogens with zero attached hydrogens (tertiary/aromatic N) is 3. The minimum Gasteiger partial charge on any atom is -0.506 e. The number of rotatable bonds is 4. The number of pyridine rings is 1. The largest absolute Gasteiger partial charge is 0.506 e. The van der Waals surface area contributed by atoms with E-state index in [9.17, 15) is 15.0 Å². The second-order valence-electron chi connectivity index (χ2n) is 10.8. The summed E-state index contributed by atoms with van der Waals surface area (Å²) in [4.78, 5) is 22.0. The zero-order valence-corrected chi connectivity index (χ0v) is 20.2. The van der Waals surface area contributed by atoms with Crippen LogP contribution in [0.4, 0.5) is 0 Å². The van der Waals surface area contributed by atoms with E-state index in [1.807, 2.05) is 29.2 Å². The Morgan fingerprint density at radius 1 is 1.15 bits per heavy atom. The van der Waals surface area contributed by atoms with Gasteiger partial charge in [0.2, 0.25) is 5.91 Å². The average Bonchev–Trinajstić information content (AvgIpc) is 3.65. The maximum atomic E-state index is 13.2. The van der Waals surface area contributed by atoms with Gasteiger partial charge in [-0.05, 0) is 86.4 Å². The van der Waals surface area contributed by atoms with Gasteiger partial charge < -0.3 is 15.1 Å². The van der Waals surface area contributed by atoms with Crippen LogP contribution in [0.2, 0.25) is 5.02 Å². The lowest BCUT2D eigenvalue weighted by molar-refractivity contribution is -0.149. The Morgan fingerprint density at radius 3 is 2.71 bits per heavy atom. The molecule has 3 atom stereocenters. The van der Waals surface area contributed by atoms with Gasteiger partial charge in [0.05, 0.1) is 17.0 Å². The fourth-order valence-electron chi connectivity index (χ4n) is 6.91. The van der Waals surface area contributed by atoms with E-state index in [4.69, 9.17) is 11.6 Å². The number of carbonyl (C=O) groups excluding carboxylic acids is 1. The lowest BCUT2D eigenvalue weighted by atomic mass is 9.52. The van der Waals surface area contributed by atoms with Gasteiger partial charge >= 0.3 is 0 Å². The topological polar surface area (TPSA) is 76.9 Å². The number of fused-ring (bicyclic) bond motifs is 1. The summed E-state index contributed by atoms with van der Waals surface area (Å²) in [6, 6.07) is 9.33. The van der Waals surface area contributed by atoms with Crippen LogP contribution < -0.4 is 0 Å². The highest BCUT2D eigenvalue weighted by molar-refractivity contribution is 6.32. The van der Waals surface area contributed by atoms with Crippen LogP contribution in [0.5, 0.6) is 5.75 Å². The van der Waals surface area contributed by atoms with Crippen LogP contribution in [-0.2, 0) is 23.1 Å². The molecule has 2 aliphatic heterocycles. The van der Waals surface area contributed by atoms with E-state index < -0.39 is 11.0 Å². The predicted molar refractivity (Wildman–Crippen MR) is 130 cm³/mol. The smallest absolute Gasteiger partial charge is 0.228 e. The Labute approximate surface area is 205 Å². The van der Waals surface area contributed by atoms with Crippen LogP contribution in [0, 0.1) is 5.92 Å². The van der Waals surface area contributed by atoms with Crippen molar-refractivity contribution in [1.29, 1.82) is 0 Å². The lowest BCUT2D eigenvalue weighted by Gasteiger charge is -2.61. The molecule has 6 rings (SSSR count). The Hall–Kier alpha value is -2.15. The third-order valence-electron chi connectivity index (χ3n) is 8.92. The summed E-state index contributed by atoms with van der Waals surface area (Å²) in [5.41, 5.74) is 1.48. The van der Waals surface area contributed by atoms with Gasteiger partial charge in [0.15, 0.2) is 0 Å². The number of carbonyl (C=O) groups is 1. The second-order valence-corrected chi connectivity index (χ2v) is 11.2. The monoisotopic (exact) mass is 481 g/mol. The van der Waals surface area contributed by atoms with Crippen LogP contribution >= 0.6 is 11.6 Å². The first-order valence-corrected chi connectivity index (χ1v) is 12.9. The van der Waals surface area contributed by atoms with E-state index in [-0.39, 0.29) is 24.1 Å². The lowest BCUT2D eigenvalue weighted by Crippen LogP contribution is -2.71. The number of phenols is 1. The molecular weight excluding hydrogens is 450 g/mol. The van der Waals surface area contributed by atoms with Crippen molar-refractivity contribution in [3.8, 4) is 5.75 Å². The van der Waals surface area contributed by atoms with E-state index in [2.05, 4.69) is 9.88 Å². The molecule has 34 heavy (non-hydrogen) atoms. The summed E-state index contributed by atoms with van der Waals surface area (Å²) in [5, 5.41) is 23.4. The van der Waals surface area contributed by atoms with Crippen molar-refractivity contribution in [3.63, 3.8) is 0 Å². The molecule has 2 bridgehead atoms. The number of aromatic nitrogens is 1. The summed E-state index contributed by atoms with van der Waals surface area (Å²) in [6.45, 7) is 3.10. The van der Waals surface area contributed by atoms with Gasteiger partial charge in [0.25, 0.3) is 0 Å². The number of phenolic OH excluding ortho intramolecular Hbond substituents is 1. The van der Waals surface area contributed by atoms with Crippen LogP contribution in [-0.4, -0.2) is 68.7 Å². The minimum absolute atomic E-state index is 0.000742. The van der Waals surface area contributed by atoms with Crippen molar-refractivity contribution in [1.82, 2.24) is 14.8 Å². The molecule has 0 radical (unpaired) electrons. The van der Waals surface area contributed by atoms with Gasteiger partial charge in [0.1, 0.15) is 5.75 Å². The number of piperidine rings is 1. The molecular formula is C27H32ClN3O3. The van der Waals surface area contributed by atoms with Crippen LogP contribution in [0.25, 0.3) is 0 Å². The maximum absolute atomic E-state index is 13.2. The Balaban J connectivity index is 1.36. The predicted octanol–water partition coefficient (Wildman–Crippen LogP) is 3.32. The van der Waals surface area contributed by atoms with Crippen LogP contribution in [0.3, 0.4) is 0 Å². The molecule has 180 valence electrons. The average molecular weight is 482 g/mol. The molecule has 1 saturated carbocycles. The number of hydrogen-bond donors (Lipinski definition) is 2. The van der Waals surface area contributed by atoms with E-state index >= 15 is 0 Å². The SMILES string of the molecule is O=C(Cc1ccccn1)N1CCC23CCN(CC4CC4)C(Cc4cc(Cl)c(O)cc42)C3(O)CC1. The number of aliphatic hydroxyl groups is 1. The molecule has 6 nitrogen and oxygen atoms in total. The molecule has 1 aromatic heterocycles. The Bertz CT molecular complexity index is 1110. The summed E-state index contributed by atoms with van der Waals surface area (Å²) < 4.78 is 0. The molecule has 0 spiro atoms. The molecule has 1 amide bonds. The highest BCUT2D eigenvalue weighted by atomic mass is 35.5. The number of hydrogen-bond acceptors (Lipinski definition) is 5. The minimum atomic E-state index is -0.951. The van der Waals surface area contributed by atoms with Gasteiger partial charge in [-0.25, -0.2) is 0 Å². The van der Waals surface area contributed by atoms with Gasteiger partial charge in [-0.2, -0.15) is 0 Å². The summed E-state index contributed by atoms with van der Waals surface area (Å²) in [6.07, 6.45) is 7.31. The van der Waals surface area contributed by atoms with E-state index in [0.29, 0.717) is 31.0 Å². The summed E-state index contributed by atoms with van der Waals surface area (Å²) in [5.74, 6) is 0.868. The third-order valence-corrected chi connectivity index (χ3v) is 9.22. The highest BCUT2D eigenvalue weighted by Gasteiger charge is 2.63. The zero-order valence-electron chi connectivity index (χ0n) is 19.4. The van der Waals surface area contributed by atoms with Gasteiger partial charge in [0, 0.05) is 43.0 Å². The Morgan fingerprint density at radius 2 is 1.94 bits per heavy atom. The van der Waals surface area contributed by atoms with Crippen molar-refractivity contribution in [2.75, 3.05) is 26.2 Å². The van der Waals surface area contributed by atoms with Crippen molar-refractivity contribution < 1.29 is 15.0 Å². The fraction of sp³-hybridized carbons (Fsp3) is 0.556. The van der Waals surface area contributed by atoms with Gasteiger partial charge in [-0.3, -0.25) is 14.7 Å². The molecule has 7 heteroatoms. The van der Waals surface area contributed by atoms with E-state index in [1.165, 1.54) is 12.8 Å². The van der Waals surface area contributed by atoms with Gasteiger partial charge in [-0.1, -0.05) is 17.7 Å². The van der Waals surface area contributed by atoms with Crippen LogP contribution in [0.1, 0.15) is 48.9 Å². The standard InChI is InChI=1S/C27H32ClN3O3/c28-22-13-19-14-24-27(34)8-12-30(25(33)15-20-3-1-2-9-29-20)10-6-26(27,21(19)16-23(22)32)7-11-31(24)17-18-4-5-18/h1-3,9,13,16,18,24,32,34H,4-8,10-12,14-15,17H2. The third kappa shape index (κ3) is 3.53. The van der Waals surface area contributed by atoms with E-state index in [1.54, 1.807) is 12.3 Å². The molecule has 2 aromatic rings. The molecule has 2 N–H and O–H groups in total. The Kier molecular flexibility index (Phi) is 5.39.